The monoisotopic (exact) mass is 521 g/mol. The molecule has 7 nitrogen and oxygen atoms in total. The maximum atomic E-state index is 12.4. The number of halogens is 2. The molecule has 0 unspecified atom stereocenters. The fourth-order valence-electron chi connectivity index (χ4n) is 3.64. The Labute approximate surface area is 214 Å². The molecule has 0 atom stereocenters. The molecule has 0 radical (unpaired) electrons. The highest BCUT2D eigenvalue weighted by atomic mass is 35.5. The number of Topliss-reactive ketones (excluding diaryl/α,β-unsaturated/α-hetero) is 1. The van der Waals surface area contributed by atoms with Crippen molar-refractivity contribution in [2.75, 3.05) is 0 Å². The largest absolute Gasteiger partial charge is 0.293 e. The van der Waals surface area contributed by atoms with Crippen molar-refractivity contribution in [2.24, 2.45) is 0 Å². The van der Waals surface area contributed by atoms with Gasteiger partial charge in [-0.25, -0.2) is 9.67 Å². The number of pyridine rings is 2. The summed E-state index contributed by atoms with van der Waals surface area (Å²) in [4.78, 5) is 29.6. The molecular weight excluding hydrogens is 505 g/mol. The van der Waals surface area contributed by atoms with E-state index in [2.05, 4.69) is 15.3 Å². The number of ketones is 1. The highest BCUT2D eigenvalue weighted by molar-refractivity contribution is 7.18. The first kappa shape index (κ1) is 23.2. The summed E-state index contributed by atoms with van der Waals surface area (Å²) in [5.74, 6) is 0.0158. The summed E-state index contributed by atoms with van der Waals surface area (Å²) in [6.07, 6.45) is 5.93. The van der Waals surface area contributed by atoms with Crippen molar-refractivity contribution >= 4 is 40.3 Å². The van der Waals surface area contributed by atoms with Crippen LogP contribution in [0.15, 0.2) is 84.0 Å². The number of benzene rings is 1. The Bertz CT molecular complexity index is 1570. The molecule has 0 N–H and O–H groups in total. The van der Waals surface area contributed by atoms with Gasteiger partial charge < -0.3 is 0 Å². The van der Waals surface area contributed by atoms with E-state index in [1.54, 1.807) is 58.2 Å². The zero-order chi connectivity index (χ0) is 24.4. The van der Waals surface area contributed by atoms with Crippen molar-refractivity contribution in [1.82, 2.24) is 24.5 Å². The Hall–Kier alpha value is -3.59. The van der Waals surface area contributed by atoms with Crippen LogP contribution in [0.5, 0.6) is 0 Å². The standard InChI is InChI=1S/C25H17Cl2N5O2S/c26-23-10-4-16(14-28-23)19-13-18(31-12-2-1-3-25(31)34)6-7-20(19)32-15-17(29-30-32)5-8-21(33)22-9-11-24(27)35-22/h1-4,6-7,9-15H,5,8H2. The lowest BCUT2D eigenvalue weighted by atomic mass is 10.0. The smallest absolute Gasteiger partial charge is 0.255 e. The molecule has 0 aliphatic rings. The molecule has 0 amide bonds. The summed E-state index contributed by atoms with van der Waals surface area (Å²) < 4.78 is 3.81. The Kier molecular flexibility index (Phi) is 6.59. The summed E-state index contributed by atoms with van der Waals surface area (Å²) in [7, 11) is 0. The van der Waals surface area contributed by atoms with Crippen molar-refractivity contribution in [1.29, 1.82) is 0 Å². The number of aromatic nitrogens is 5. The summed E-state index contributed by atoms with van der Waals surface area (Å²) >= 11 is 13.2. The van der Waals surface area contributed by atoms with Crippen LogP contribution in [0.1, 0.15) is 21.8 Å². The number of nitrogens with zero attached hydrogens (tertiary/aromatic N) is 5. The van der Waals surface area contributed by atoms with E-state index in [4.69, 9.17) is 23.2 Å². The predicted molar refractivity (Wildman–Crippen MR) is 137 cm³/mol. The van der Waals surface area contributed by atoms with Crippen molar-refractivity contribution in [3.05, 3.63) is 110 Å². The number of hydrogen-bond acceptors (Lipinski definition) is 6. The lowest BCUT2D eigenvalue weighted by molar-refractivity contribution is 0.0986. The summed E-state index contributed by atoms with van der Waals surface area (Å²) in [6, 6.07) is 17.6. The molecule has 0 bridgehead atoms. The molecule has 0 aliphatic heterocycles. The van der Waals surface area contributed by atoms with E-state index < -0.39 is 0 Å². The highest BCUT2D eigenvalue weighted by Gasteiger charge is 2.14. The van der Waals surface area contributed by atoms with Crippen LogP contribution in [-0.2, 0) is 6.42 Å². The molecule has 0 saturated heterocycles. The Morgan fingerprint density at radius 3 is 2.66 bits per heavy atom. The van der Waals surface area contributed by atoms with Crippen molar-refractivity contribution in [3.63, 3.8) is 0 Å². The number of carbonyl (C=O) groups excluding carboxylic acids is 1. The molecule has 5 rings (SSSR count). The van der Waals surface area contributed by atoms with Gasteiger partial charge in [0.05, 0.1) is 26.8 Å². The fraction of sp³-hybridized carbons (Fsp3) is 0.0800. The van der Waals surface area contributed by atoms with Crippen LogP contribution in [0.3, 0.4) is 0 Å². The van der Waals surface area contributed by atoms with Crippen LogP contribution >= 0.6 is 34.5 Å². The number of rotatable bonds is 7. The zero-order valence-corrected chi connectivity index (χ0v) is 20.5. The molecule has 0 saturated carbocycles. The maximum absolute atomic E-state index is 12.4. The molecule has 0 aliphatic carbocycles. The minimum absolute atomic E-state index is 0.0158. The van der Waals surface area contributed by atoms with E-state index in [1.807, 2.05) is 24.3 Å². The molecule has 5 aromatic rings. The first-order valence-electron chi connectivity index (χ1n) is 10.6. The first-order chi connectivity index (χ1) is 17.0. The SMILES string of the molecule is O=C(CCc1cn(-c2ccc(-n3ccccc3=O)cc2-c2ccc(Cl)nc2)nn1)c1ccc(Cl)s1. The van der Waals surface area contributed by atoms with Gasteiger partial charge in [-0.3, -0.25) is 14.2 Å². The number of aryl methyl sites for hydroxylation is 1. The van der Waals surface area contributed by atoms with Crippen molar-refractivity contribution in [3.8, 4) is 22.5 Å². The molecule has 1 aromatic carbocycles. The third-order valence-corrected chi connectivity index (χ3v) is 6.86. The van der Waals surface area contributed by atoms with E-state index in [-0.39, 0.29) is 11.3 Å². The van der Waals surface area contributed by atoms with E-state index in [0.717, 1.165) is 16.8 Å². The summed E-state index contributed by atoms with van der Waals surface area (Å²) in [6.45, 7) is 0. The predicted octanol–water partition coefficient (Wildman–Crippen LogP) is 5.66. The van der Waals surface area contributed by atoms with Gasteiger partial charge in [0.1, 0.15) is 5.15 Å². The Morgan fingerprint density at radius 1 is 1.03 bits per heavy atom. The van der Waals surface area contributed by atoms with Crippen LogP contribution in [0.2, 0.25) is 9.49 Å². The third-order valence-electron chi connectivity index (χ3n) is 5.36. The van der Waals surface area contributed by atoms with E-state index in [1.165, 1.54) is 17.4 Å². The summed E-state index contributed by atoms with van der Waals surface area (Å²) in [5, 5.41) is 8.92. The number of carbonyl (C=O) groups is 1. The van der Waals surface area contributed by atoms with Crippen LogP contribution in [0.25, 0.3) is 22.5 Å². The lowest BCUT2D eigenvalue weighted by Gasteiger charge is -2.13. The van der Waals surface area contributed by atoms with Crippen LogP contribution < -0.4 is 5.56 Å². The average Bonchev–Trinajstić information content (AvgIpc) is 3.52. The fourth-order valence-corrected chi connectivity index (χ4v) is 4.76. The Morgan fingerprint density at radius 2 is 1.91 bits per heavy atom. The minimum Gasteiger partial charge on any atom is -0.293 e. The molecule has 4 aromatic heterocycles. The quantitative estimate of drug-likeness (QED) is 0.203. The second kappa shape index (κ2) is 9.95. The molecule has 4 heterocycles. The van der Waals surface area contributed by atoms with Gasteiger partial charge in [0, 0.05) is 48.1 Å². The van der Waals surface area contributed by atoms with Gasteiger partial charge in [0.25, 0.3) is 5.56 Å². The van der Waals surface area contributed by atoms with Crippen LogP contribution in [-0.4, -0.2) is 30.3 Å². The first-order valence-corrected chi connectivity index (χ1v) is 12.2. The Balaban J connectivity index is 1.48. The molecule has 0 spiro atoms. The normalized spacial score (nSPS) is 11.0. The van der Waals surface area contributed by atoms with E-state index in [9.17, 15) is 9.59 Å². The molecule has 35 heavy (non-hydrogen) atoms. The van der Waals surface area contributed by atoms with Gasteiger partial charge in [0.15, 0.2) is 5.78 Å². The second-order valence-corrected chi connectivity index (χ2v) is 9.76. The number of thiophene rings is 1. The van der Waals surface area contributed by atoms with Crippen LogP contribution in [0, 0.1) is 0 Å². The third kappa shape index (κ3) is 5.09. The average molecular weight is 522 g/mol. The summed E-state index contributed by atoms with van der Waals surface area (Å²) in [5.41, 5.74) is 3.59. The van der Waals surface area contributed by atoms with Crippen molar-refractivity contribution in [2.45, 2.75) is 12.8 Å². The molecule has 0 fully saturated rings. The zero-order valence-electron chi connectivity index (χ0n) is 18.1. The van der Waals surface area contributed by atoms with E-state index in [0.29, 0.717) is 38.6 Å². The van der Waals surface area contributed by atoms with Gasteiger partial charge in [-0.1, -0.05) is 34.5 Å². The highest BCUT2D eigenvalue weighted by Crippen LogP contribution is 2.29. The van der Waals surface area contributed by atoms with Gasteiger partial charge in [-0.05, 0) is 48.5 Å². The molecular formula is C25H17Cl2N5O2S. The number of hydrogen-bond donors (Lipinski definition) is 0. The topological polar surface area (TPSA) is 82.7 Å². The van der Waals surface area contributed by atoms with Gasteiger partial charge in [-0.2, -0.15) is 0 Å². The lowest BCUT2D eigenvalue weighted by Crippen LogP contribution is -2.15. The van der Waals surface area contributed by atoms with Gasteiger partial charge >= 0.3 is 0 Å². The maximum Gasteiger partial charge on any atom is 0.255 e. The van der Waals surface area contributed by atoms with Crippen molar-refractivity contribution < 1.29 is 4.79 Å². The molecule has 174 valence electrons. The van der Waals surface area contributed by atoms with Crippen LogP contribution in [0.4, 0.5) is 0 Å². The van der Waals surface area contributed by atoms with Gasteiger partial charge in [0.2, 0.25) is 0 Å². The van der Waals surface area contributed by atoms with Gasteiger partial charge in [-0.15, -0.1) is 16.4 Å². The van der Waals surface area contributed by atoms with E-state index >= 15 is 0 Å². The minimum atomic E-state index is -0.139. The second-order valence-electron chi connectivity index (χ2n) is 7.66. The molecule has 10 heteroatoms.